The van der Waals surface area contributed by atoms with Gasteiger partial charge in [-0.2, -0.15) is 0 Å². The van der Waals surface area contributed by atoms with E-state index in [9.17, 15) is 4.79 Å². The number of methoxy groups -OCH3 is 2. The van der Waals surface area contributed by atoms with Crippen LogP contribution in [0.3, 0.4) is 0 Å². The maximum absolute atomic E-state index is 13.2. The summed E-state index contributed by atoms with van der Waals surface area (Å²) in [4.78, 5) is 15.1. The van der Waals surface area contributed by atoms with Crippen molar-refractivity contribution in [3.05, 3.63) is 53.1 Å². The summed E-state index contributed by atoms with van der Waals surface area (Å²) in [6, 6.07) is 12.1. The molecule has 1 atom stereocenters. The summed E-state index contributed by atoms with van der Waals surface area (Å²) in [5.74, 6) is 1.62. The van der Waals surface area contributed by atoms with Crippen LogP contribution in [0, 0.1) is 6.92 Å². The van der Waals surface area contributed by atoms with Crippen molar-refractivity contribution in [3.63, 3.8) is 0 Å². The maximum Gasteiger partial charge on any atom is 0.237 e. The molecule has 0 saturated carbocycles. The van der Waals surface area contributed by atoms with E-state index in [0.29, 0.717) is 13.0 Å². The van der Waals surface area contributed by atoms with Gasteiger partial charge in [0.15, 0.2) is 0 Å². The molecule has 1 aliphatic heterocycles. The van der Waals surface area contributed by atoms with E-state index in [2.05, 4.69) is 25.1 Å². The van der Waals surface area contributed by atoms with Crippen LogP contribution < -0.4 is 14.4 Å². The lowest BCUT2D eigenvalue weighted by atomic mass is 9.78. The molecule has 0 aliphatic carbocycles. The van der Waals surface area contributed by atoms with E-state index >= 15 is 0 Å². The molecular weight excluding hydrogens is 314 g/mol. The number of rotatable bonds is 5. The van der Waals surface area contributed by atoms with E-state index in [4.69, 9.17) is 9.47 Å². The topological polar surface area (TPSA) is 38.8 Å². The fraction of sp³-hybridized carbons (Fsp3) is 0.381. The average Bonchev–Trinajstić information content (AvgIpc) is 2.81. The Kier molecular flexibility index (Phi) is 4.46. The number of likely N-dealkylation sites (N-methyl/N-ethyl adjacent to an activating group) is 1. The van der Waals surface area contributed by atoms with Crippen molar-refractivity contribution in [2.45, 2.75) is 32.6 Å². The Bertz CT molecular complexity index is 793. The molecule has 0 saturated heterocycles. The lowest BCUT2D eigenvalue weighted by Gasteiger charge is -2.25. The number of fused-ring (bicyclic) bond motifs is 1. The second-order valence-electron chi connectivity index (χ2n) is 6.80. The predicted molar refractivity (Wildman–Crippen MR) is 99.8 cm³/mol. The summed E-state index contributed by atoms with van der Waals surface area (Å²) < 4.78 is 10.8. The fourth-order valence-electron chi connectivity index (χ4n) is 3.71. The number of nitrogens with zero attached hydrogens (tertiary/aromatic N) is 1. The third-order valence-corrected chi connectivity index (χ3v) is 5.04. The van der Waals surface area contributed by atoms with Crippen LogP contribution in [-0.4, -0.2) is 26.7 Å². The van der Waals surface area contributed by atoms with Crippen LogP contribution in [0.5, 0.6) is 11.5 Å². The second kappa shape index (κ2) is 6.43. The van der Waals surface area contributed by atoms with Crippen molar-refractivity contribution in [1.29, 1.82) is 0 Å². The number of hydrogen-bond acceptors (Lipinski definition) is 3. The zero-order valence-electron chi connectivity index (χ0n) is 15.6. The van der Waals surface area contributed by atoms with E-state index < -0.39 is 5.41 Å². The summed E-state index contributed by atoms with van der Waals surface area (Å²) in [5.41, 5.74) is 3.72. The zero-order valence-corrected chi connectivity index (χ0v) is 15.6. The molecule has 132 valence electrons. The van der Waals surface area contributed by atoms with Gasteiger partial charge in [-0.1, -0.05) is 17.7 Å². The average molecular weight is 339 g/mol. The van der Waals surface area contributed by atoms with Crippen LogP contribution in [0.25, 0.3) is 0 Å². The van der Waals surface area contributed by atoms with Gasteiger partial charge in [0, 0.05) is 18.3 Å². The van der Waals surface area contributed by atoms with E-state index in [1.807, 2.05) is 36.9 Å². The Labute approximate surface area is 149 Å². The van der Waals surface area contributed by atoms with Gasteiger partial charge in [-0.3, -0.25) is 4.79 Å². The van der Waals surface area contributed by atoms with Gasteiger partial charge in [-0.05, 0) is 56.5 Å². The highest BCUT2D eigenvalue weighted by Gasteiger charge is 2.46. The van der Waals surface area contributed by atoms with Gasteiger partial charge in [0.1, 0.15) is 11.5 Å². The van der Waals surface area contributed by atoms with Gasteiger partial charge in [0.25, 0.3) is 0 Å². The van der Waals surface area contributed by atoms with Gasteiger partial charge in [0.2, 0.25) is 5.91 Å². The Morgan fingerprint density at radius 3 is 2.24 bits per heavy atom. The smallest absolute Gasteiger partial charge is 0.237 e. The van der Waals surface area contributed by atoms with Gasteiger partial charge >= 0.3 is 0 Å². The highest BCUT2D eigenvalue weighted by atomic mass is 16.5. The molecule has 4 nitrogen and oxygen atoms in total. The van der Waals surface area contributed by atoms with Crippen LogP contribution in [0.4, 0.5) is 5.69 Å². The van der Waals surface area contributed by atoms with Crippen LogP contribution in [0.1, 0.15) is 30.5 Å². The molecule has 1 amide bonds. The quantitative estimate of drug-likeness (QED) is 0.830. The molecule has 0 aromatic heterocycles. The first kappa shape index (κ1) is 17.3. The Morgan fingerprint density at radius 1 is 1.04 bits per heavy atom. The number of amides is 1. The molecular formula is C21H25NO3. The van der Waals surface area contributed by atoms with Crippen LogP contribution in [-0.2, 0) is 16.6 Å². The van der Waals surface area contributed by atoms with E-state index in [0.717, 1.165) is 28.3 Å². The van der Waals surface area contributed by atoms with E-state index in [1.165, 1.54) is 5.56 Å². The fourth-order valence-corrected chi connectivity index (χ4v) is 3.71. The summed E-state index contributed by atoms with van der Waals surface area (Å²) in [6.45, 7) is 6.79. The van der Waals surface area contributed by atoms with Crippen LogP contribution in [0.15, 0.2) is 36.4 Å². The Hall–Kier alpha value is -2.49. The summed E-state index contributed by atoms with van der Waals surface area (Å²) >= 11 is 0. The highest BCUT2D eigenvalue weighted by molar-refractivity contribution is 6.08. The largest absolute Gasteiger partial charge is 0.497 e. The standard InChI is InChI=1S/C21H25NO3/c1-6-22-19-8-7-14(2)9-18(19)21(3,20(22)23)13-15-10-16(24-4)12-17(11-15)25-5/h7-12H,6,13H2,1-5H3. The van der Waals surface area contributed by atoms with Crippen molar-refractivity contribution in [1.82, 2.24) is 0 Å². The van der Waals surface area contributed by atoms with Crippen LogP contribution >= 0.6 is 0 Å². The van der Waals surface area contributed by atoms with E-state index in [-0.39, 0.29) is 5.91 Å². The van der Waals surface area contributed by atoms with Gasteiger partial charge in [-0.15, -0.1) is 0 Å². The normalized spacial score (nSPS) is 19.1. The van der Waals surface area contributed by atoms with Crippen LogP contribution in [0.2, 0.25) is 0 Å². The van der Waals surface area contributed by atoms with Gasteiger partial charge in [0.05, 0.1) is 19.6 Å². The lowest BCUT2D eigenvalue weighted by Crippen LogP contribution is -2.39. The molecule has 3 rings (SSSR count). The number of carbonyl (C=O) groups is 1. The molecule has 0 spiro atoms. The van der Waals surface area contributed by atoms with Crippen molar-refractivity contribution in [2.75, 3.05) is 25.7 Å². The number of ether oxygens (including phenoxy) is 2. The first-order chi connectivity index (χ1) is 11.9. The van der Waals surface area contributed by atoms with E-state index in [1.54, 1.807) is 14.2 Å². The lowest BCUT2D eigenvalue weighted by molar-refractivity contribution is -0.122. The number of benzene rings is 2. The molecule has 0 bridgehead atoms. The summed E-state index contributed by atoms with van der Waals surface area (Å²) in [7, 11) is 3.27. The molecule has 0 N–H and O–H groups in total. The minimum Gasteiger partial charge on any atom is -0.497 e. The zero-order chi connectivity index (χ0) is 18.2. The first-order valence-corrected chi connectivity index (χ1v) is 8.58. The summed E-state index contributed by atoms with van der Waals surface area (Å²) in [5, 5.41) is 0. The van der Waals surface area contributed by atoms with Crippen molar-refractivity contribution < 1.29 is 14.3 Å². The second-order valence-corrected chi connectivity index (χ2v) is 6.80. The molecule has 25 heavy (non-hydrogen) atoms. The number of aryl methyl sites for hydroxylation is 1. The van der Waals surface area contributed by atoms with Gasteiger partial charge in [-0.25, -0.2) is 0 Å². The minimum absolute atomic E-state index is 0.150. The highest BCUT2D eigenvalue weighted by Crippen LogP contribution is 2.44. The molecule has 1 unspecified atom stereocenters. The van der Waals surface area contributed by atoms with Gasteiger partial charge < -0.3 is 14.4 Å². The number of carbonyl (C=O) groups excluding carboxylic acids is 1. The molecule has 0 radical (unpaired) electrons. The Morgan fingerprint density at radius 2 is 1.68 bits per heavy atom. The molecule has 0 fully saturated rings. The van der Waals surface area contributed by atoms with Crippen molar-refractivity contribution in [3.8, 4) is 11.5 Å². The molecule has 2 aromatic rings. The van der Waals surface area contributed by atoms with Crippen molar-refractivity contribution in [2.24, 2.45) is 0 Å². The third-order valence-electron chi connectivity index (χ3n) is 5.04. The molecule has 1 heterocycles. The summed E-state index contributed by atoms with van der Waals surface area (Å²) in [6.07, 6.45) is 0.604. The minimum atomic E-state index is -0.589. The Balaban J connectivity index is 2.08. The number of hydrogen-bond donors (Lipinski definition) is 0. The first-order valence-electron chi connectivity index (χ1n) is 8.58. The maximum atomic E-state index is 13.2. The third kappa shape index (κ3) is 2.86. The SMILES string of the molecule is CCN1C(=O)C(C)(Cc2cc(OC)cc(OC)c2)c2cc(C)ccc21. The predicted octanol–water partition coefficient (Wildman–Crippen LogP) is 3.88. The molecule has 1 aliphatic rings. The van der Waals surface area contributed by atoms with Crippen molar-refractivity contribution >= 4 is 11.6 Å². The number of anilines is 1. The molecule has 2 aromatic carbocycles. The molecule has 4 heteroatoms. The monoisotopic (exact) mass is 339 g/mol.